The summed E-state index contributed by atoms with van der Waals surface area (Å²) >= 11 is 0. The average molecular weight is 244 g/mol. The van der Waals surface area contributed by atoms with Crippen molar-refractivity contribution < 1.29 is 0 Å². The summed E-state index contributed by atoms with van der Waals surface area (Å²) in [7, 11) is 2.24. The molecule has 1 N–H and O–H groups in total. The first kappa shape index (κ1) is 12.0. The minimum atomic E-state index is 0.825. The van der Waals surface area contributed by atoms with E-state index in [9.17, 15) is 0 Å². The largest absolute Gasteiger partial charge is 0.374 e. The lowest BCUT2D eigenvalue weighted by Crippen LogP contribution is -2.26. The predicted molar refractivity (Wildman–Crippen MR) is 77.3 cm³/mol. The Hall–Kier alpha value is -1.02. The van der Waals surface area contributed by atoms with E-state index in [0.717, 1.165) is 5.92 Å². The molecule has 1 aliphatic carbocycles. The summed E-state index contributed by atoms with van der Waals surface area (Å²) < 4.78 is 0. The van der Waals surface area contributed by atoms with Crippen LogP contribution in [0, 0.1) is 5.92 Å². The van der Waals surface area contributed by atoms with E-state index < -0.39 is 0 Å². The number of nitrogens with one attached hydrogen (secondary N) is 1. The van der Waals surface area contributed by atoms with Gasteiger partial charge in [0.05, 0.1) is 0 Å². The number of benzene rings is 1. The Morgan fingerprint density at radius 3 is 2.83 bits per heavy atom. The van der Waals surface area contributed by atoms with Crippen LogP contribution in [0.3, 0.4) is 0 Å². The molecule has 1 heterocycles. The van der Waals surface area contributed by atoms with E-state index >= 15 is 0 Å². The zero-order valence-electron chi connectivity index (χ0n) is 11.4. The van der Waals surface area contributed by atoms with Crippen LogP contribution in [-0.2, 0) is 12.8 Å². The summed E-state index contributed by atoms with van der Waals surface area (Å²) in [4.78, 5) is 2.44. The second-order valence-electron chi connectivity index (χ2n) is 5.90. The van der Waals surface area contributed by atoms with Crippen molar-refractivity contribution in [2.24, 2.45) is 5.92 Å². The van der Waals surface area contributed by atoms with Gasteiger partial charge in [-0.2, -0.15) is 0 Å². The van der Waals surface area contributed by atoms with Crippen LogP contribution in [0.5, 0.6) is 0 Å². The predicted octanol–water partition coefficient (Wildman–Crippen LogP) is 2.61. The number of rotatable bonds is 3. The number of hydrogen-bond acceptors (Lipinski definition) is 2. The van der Waals surface area contributed by atoms with Gasteiger partial charge in [-0.1, -0.05) is 6.07 Å². The summed E-state index contributed by atoms with van der Waals surface area (Å²) in [5.74, 6) is 0.825. The minimum absolute atomic E-state index is 0.825. The fourth-order valence-corrected chi connectivity index (χ4v) is 3.32. The molecule has 0 bridgehead atoms. The summed E-state index contributed by atoms with van der Waals surface area (Å²) in [6, 6.07) is 7.09. The Bertz CT molecular complexity index is 408. The van der Waals surface area contributed by atoms with Crippen molar-refractivity contribution in [3.63, 3.8) is 0 Å². The molecule has 98 valence electrons. The molecule has 1 aromatic carbocycles. The second-order valence-corrected chi connectivity index (χ2v) is 5.90. The number of anilines is 1. The van der Waals surface area contributed by atoms with E-state index in [-0.39, 0.29) is 0 Å². The van der Waals surface area contributed by atoms with Crippen molar-refractivity contribution in [1.29, 1.82) is 0 Å². The van der Waals surface area contributed by atoms with E-state index in [1.165, 1.54) is 57.4 Å². The first-order chi connectivity index (χ1) is 8.83. The van der Waals surface area contributed by atoms with Gasteiger partial charge in [0.15, 0.2) is 0 Å². The Morgan fingerprint density at radius 1 is 1.22 bits per heavy atom. The van der Waals surface area contributed by atoms with Crippen LogP contribution < -0.4 is 10.2 Å². The van der Waals surface area contributed by atoms with E-state index in [1.54, 1.807) is 11.1 Å². The Labute approximate surface area is 110 Å². The van der Waals surface area contributed by atoms with Gasteiger partial charge in [-0.15, -0.1) is 0 Å². The van der Waals surface area contributed by atoms with Gasteiger partial charge >= 0.3 is 0 Å². The molecule has 2 heteroatoms. The molecular weight excluding hydrogens is 220 g/mol. The zero-order valence-corrected chi connectivity index (χ0v) is 11.4. The maximum Gasteiger partial charge on any atom is 0.0366 e. The lowest BCUT2D eigenvalue weighted by atomic mass is 9.91. The maximum absolute atomic E-state index is 3.45. The molecule has 1 saturated heterocycles. The molecule has 0 aromatic heterocycles. The van der Waals surface area contributed by atoms with E-state index in [1.807, 2.05) is 0 Å². The standard InChI is InChI=1S/C16H24N2/c1-18(12-13-8-9-17-11-13)16-7-6-14-4-2-3-5-15(14)10-16/h6-7,10,13,17H,2-5,8-9,11-12H2,1H3. The van der Waals surface area contributed by atoms with Crippen LogP contribution in [0.4, 0.5) is 5.69 Å². The lowest BCUT2D eigenvalue weighted by molar-refractivity contribution is 0.578. The average Bonchev–Trinajstić information content (AvgIpc) is 2.91. The SMILES string of the molecule is CN(CC1CCNC1)c1ccc2c(c1)CCCC2. The van der Waals surface area contributed by atoms with E-state index in [0.29, 0.717) is 0 Å². The fourth-order valence-electron chi connectivity index (χ4n) is 3.32. The van der Waals surface area contributed by atoms with Crippen LogP contribution in [0.15, 0.2) is 18.2 Å². The van der Waals surface area contributed by atoms with Gasteiger partial charge < -0.3 is 10.2 Å². The highest BCUT2D eigenvalue weighted by atomic mass is 15.1. The summed E-state index contributed by atoms with van der Waals surface area (Å²) in [6.07, 6.45) is 6.63. The highest BCUT2D eigenvalue weighted by molar-refractivity contribution is 5.51. The number of fused-ring (bicyclic) bond motifs is 1. The minimum Gasteiger partial charge on any atom is -0.374 e. The number of hydrogen-bond donors (Lipinski definition) is 1. The topological polar surface area (TPSA) is 15.3 Å². The van der Waals surface area contributed by atoms with Crippen molar-refractivity contribution in [3.8, 4) is 0 Å². The van der Waals surface area contributed by atoms with E-state index in [2.05, 4.69) is 35.5 Å². The van der Waals surface area contributed by atoms with Crippen LogP contribution >= 0.6 is 0 Å². The van der Waals surface area contributed by atoms with Crippen molar-refractivity contribution >= 4 is 5.69 Å². The highest BCUT2D eigenvalue weighted by Crippen LogP contribution is 2.26. The molecule has 2 aliphatic rings. The van der Waals surface area contributed by atoms with Crippen molar-refractivity contribution in [1.82, 2.24) is 5.32 Å². The van der Waals surface area contributed by atoms with Gasteiger partial charge in [-0.25, -0.2) is 0 Å². The third kappa shape index (κ3) is 2.54. The molecule has 2 nitrogen and oxygen atoms in total. The monoisotopic (exact) mass is 244 g/mol. The number of nitrogens with zero attached hydrogens (tertiary/aromatic N) is 1. The number of aryl methyl sites for hydroxylation is 2. The molecule has 0 radical (unpaired) electrons. The molecule has 1 fully saturated rings. The van der Waals surface area contributed by atoms with Gasteiger partial charge in [-0.05, 0) is 74.4 Å². The normalized spacial score (nSPS) is 22.8. The molecule has 0 saturated carbocycles. The molecule has 0 amide bonds. The summed E-state index contributed by atoms with van der Waals surface area (Å²) in [5.41, 5.74) is 4.58. The third-order valence-electron chi connectivity index (χ3n) is 4.47. The Kier molecular flexibility index (Phi) is 3.55. The smallest absolute Gasteiger partial charge is 0.0366 e. The van der Waals surface area contributed by atoms with Gasteiger partial charge in [-0.3, -0.25) is 0 Å². The molecule has 3 rings (SSSR count). The molecule has 1 atom stereocenters. The molecule has 1 unspecified atom stereocenters. The first-order valence-corrected chi connectivity index (χ1v) is 7.36. The maximum atomic E-state index is 3.45. The molecule has 1 aliphatic heterocycles. The van der Waals surface area contributed by atoms with Crippen LogP contribution in [0.1, 0.15) is 30.4 Å². The second kappa shape index (κ2) is 5.31. The highest BCUT2D eigenvalue weighted by Gasteiger charge is 2.17. The van der Waals surface area contributed by atoms with Crippen molar-refractivity contribution in [2.45, 2.75) is 32.1 Å². The first-order valence-electron chi connectivity index (χ1n) is 7.36. The van der Waals surface area contributed by atoms with Gasteiger partial charge in [0.2, 0.25) is 0 Å². The molecule has 1 aromatic rings. The van der Waals surface area contributed by atoms with E-state index in [4.69, 9.17) is 0 Å². The Balaban J connectivity index is 1.70. The third-order valence-corrected chi connectivity index (χ3v) is 4.47. The fraction of sp³-hybridized carbons (Fsp3) is 0.625. The van der Waals surface area contributed by atoms with Gasteiger partial charge in [0, 0.05) is 19.3 Å². The summed E-state index contributed by atoms with van der Waals surface area (Å²) in [6.45, 7) is 3.57. The lowest BCUT2D eigenvalue weighted by Gasteiger charge is -2.25. The van der Waals surface area contributed by atoms with Gasteiger partial charge in [0.1, 0.15) is 0 Å². The van der Waals surface area contributed by atoms with Crippen molar-refractivity contribution in [3.05, 3.63) is 29.3 Å². The van der Waals surface area contributed by atoms with Crippen LogP contribution in [0.2, 0.25) is 0 Å². The van der Waals surface area contributed by atoms with Crippen molar-refractivity contribution in [2.75, 3.05) is 31.6 Å². The van der Waals surface area contributed by atoms with Crippen LogP contribution in [-0.4, -0.2) is 26.7 Å². The molecule has 18 heavy (non-hydrogen) atoms. The molecular formula is C16H24N2. The summed E-state index contributed by atoms with van der Waals surface area (Å²) in [5, 5.41) is 3.45. The quantitative estimate of drug-likeness (QED) is 0.879. The zero-order chi connectivity index (χ0) is 12.4. The molecule has 0 spiro atoms. The van der Waals surface area contributed by atoms with Crippen LogP contribution in [0.25, 0.3) is 0 Å². The van der Waals surface area contributed by atoms with Gasteiger partial charge in [0.25, 0.3) is 0 Å². The Morgan fingerprint density at radius 2 is 2.06 bits per heavy atom.